The van der Waals surface area contributed by atoms with Crippen molar-refractivity contribution >= 4 is 22.5 Å². The lowest BCUT2D eigenvalue weighted by Gasteiger charge is -2.07. The highest BCUT2D eigenvalue weighted by Gasteiger charge is 2.06. The average Bonchev–Trinajstić information content (AvgIpc) is 2.56. The first-order chi connectivity index (χ1) is 11.2. The minimum Gasteiger partial charge on any atom is -0.497 e. The SMILES string of the molecule is COc1ccc(CC(=O)Nc2ccc3nc[nH]c(=O)c3c2)cc1. The molecule has 6 heteroatoms. The molecule has 1 aromatic heterocycles. The lowest BCUT2D eigenvalue weighted by Crippen LogP contribution is -2.15. The minimum absolute atomic E-state index is 0.158. The van der Waals surface area contributed by atoms with Crippen molar-refractivity contribution in [1.29, 1.82) is 0 Å². The summed E-state index contributed by atoms with van der Waals surface area (Å²) < 4.78 is 5.08. The van der Waals surface area contributed by atoms with Crippen LogP contribution in [0.1, 0.15) is 5.56 Å². The Morgan fingerprint density at radius 1 is 1.22 bits per heavy atom. The van der Waals surface area contributed by atoms with Crippen LogP contribution >= 0.6 is 0 Å². The van der Waals surface area contributed by atoms with Crippen LogP contribution in [0.3, 0.4) is 0 Å². The Morgan fingerprint density at radius 3 is 2.74 bits per heavy atom. The lowest BCUT2D eigenvalue weighted by molar-refractivity contribution is -0.115. The second kappa shape index (κ2) is 6.31. The van der Waals surface area contributed by atoms with E-state index in [-0.39, 0.29) is 17.9 Å². The molecule has 116 valence electrons. The van der Waals surface area contributed by atoms with Crippen molar-refractivity contribution in [2.75, 3.05) is 12.4 Å². The highest BCUT2D eigenvalue weighted by atomic mass is 16.5. The van der Waals surface area contributed by atoms with Gasteiger partial charge in [0.1, 0.15) is 5.75 Å². The van der Waals surface area contributed by atoms with Gasteiger partial charge in [-0.2, -0.15) is 0 Å². The van der Waals surface area contributed by atoms with Crippen LogP contribution in [-0.2, 0) is 11.2 Å². The van der Waals surface area contributed by atoms with Crippen LogP contribution < -0.4 is 15.6 Å². The van der Waals surface area contributed by atoms with E-state index in [0.29, 0.717) is 16.6 Å². The summed E-state index contributed by atoms with van der Waals surface area (Å²) >= 11 is 0. The number of hydrogen-bond donors (Lipinski definition) is 2. The Bertz CT molecular complexity index is 901. The molecule has 0 atom stereocenters. The number of nitrogens with one attached hydrogen (secondary N) is 2. The molecule has 2 aromatic carbocycles. The molecule has 0 fully saturated rings. The highest BCUT2D eigenvalue weighted by Crippen LogP contribution is 2.15. The van der Waals surface area contributed by atoms with E-state index >= 15 is 0 Å². The van der Waals surface area contributed by atoms with Gasteiger partial charge in [-0.1, -0.05) is 12.1 Å². The molecule has 3 rings (SSSR count). The number of rotatable bonds is 4. The number of methoxy groups -OCH3 is 1. The van der Waals surface area contributed by atoms with Crippen LogP contribution in [-0.4, -0.2) is 23.0 Å². The largest absolute Gasteiger partial charge is 0.497 e. The summed E-state index contributed by atoms with van der Waals surface area (Å²) in [5, 5.41) is 3.23. The van der Waals surface area contributed by atoms with E-state index < -0.39 is 0 Å². The molecule has 23 heavy (non-hydrogen) atoms. The number of fused-ring (bicyclic) bond motifs is 1. The van der Waals surface area contributed by atoms with E-state index in [1.807, 2.05) is 24.3 Å². The molecule has 0 saturated carbocycles. The first-order valence-corrected chi connectivity index (χ1v) is 7.06. The van der Waals surface area contributed by atoms with Crippen molar-refractivity contribution in [3.8, 4) is 5.75 Å². The molecule has 0 aliphatic heterocycles. The van der Waals surface area contributed by atoms with Gasteiger partial charge >= 0.3 is 0 Å². The number of anilines is 1. The van der Waals surface area contributed by atoms with Gasteiger partial charge in [-0.05, 0) is 35.9 Å². The maximum Gasteiger partial charge on any atom is 0.258 e. The van der Waals surface area contributed by atoms with Gasteiger partial charge in [0.15, 0.2) is 0 Å². The van der Waals surface area contributed by atoms with Crippen LogP contribution in [0.4, 0.5) is 5.69 Å². The molecule has 0 saturated heterocycles. The predicted molar refractivity (Wildman–Crippen MR) is 87.7 cm³/mol. The number of nitrogens with zero attached hydrogens (tertiary/aromatic N) is 1. The van der Waals surface area contributed by atoms with Crippen molar-refractivity contribution in [2.24, 2.45) is 0 Å². The van der Waals surface area contributed by atoms with Gasteiger partial charge in [0.05, 0.1) is 30.8 Å². The Labute approximate surface area is 132 Å². The van der Waals surface area contributed by atoms with Gasteiger partial charge in [0.25, 0.3) is 5.56 Å². The average molecular weight is 309 g/mol. The number of ether oxygens (including phenoxy) is 1. The van der Waals surface area contributed by atoms with Crippen LogP contribution in [0.2, 0.25) is 0 Å². The van der Waals surface area contributed by atoms with E-state index in [1.54, 1.807) is 25.3 Å². The molecular weight excluding hydrogens is 294 g/mol. The number of hydrogen-bond acceptors (Lipinski definition) is 4. The first kappa shape index (κ1) is 14.8. The lowest BCUT2D eigenvalue weighted by atomic mass is 10.1. The fraction of sp³-hybridized carbons (Fsp3) is 0.118. The molecule has 0 spiro atoms. The van der Waals surface area contributed by atoms with E-state index in [4.69, 9.17) is 4.74 Å². The third kappa shape index (κ3) is 3.37. The molecule has 1 heterocycles. The van der Waals surface area contributed by atoms with Crippen molar-refractivity contribution in [1.82, 2.24) is 9.97 Å². The highest BCUT2D eigenvalue weighted by molar-refractivity contribution is 5.94. The molecule has 6 nitrogen and oxygen atoms in total. The fourth-order valence-electron chi connectivity index (χ4n) is 2.28. The van der Waals surface area contributed by atoms with E-state index in [0.717, 1.165) is 11.3 Å². The molecule has 0 aliphatic rings. The third-order valence-electron chi connectivity index (χ3n) is 3.45. The Balaban J connectivity index is 1.74. The van der Waals surface area contributed by atoms with Crippen LogP contribution in [0.5, 0.6) is 5.75 Å². The smallest absolute Gasteiger partial charge is 0.258 e. The summed E-state index contributed by atoms with van der Waals surface area (Å²) in [5.41, 5.74) is 1.79. The minimum atomic E-state index is -0.235. The zero-order valence-electron chi connectivity index (χ0n) is 12.5. The molecule has 2 N–H and O–H groups in total. The number of benzene rings is 2. The summed E-state index contributed by atoms with van der Waals surface area (Å²) in [7, 11) is 1.60. The zero-order chi connectivity index (χ0) is 16.2. The Kier molecular flexibility index (Phi) is 4.05. The normalized spacial score (nSPS) is 10.5. The number of aromatic amines is 1. The van der Waals surface area contributed by atoms with Crippen molar-refractivity contribution in [3.63, 3.8) is 0 Å². The third-order valence-corrected chi connectivity index (χ3v) is 3.45. The standard InChI is InChI=1S/C17H15N3O3/c1-23-13-5-2-11(3-6-13)8-16(21)20-12-4-7-15-14(9-12)17(22)19-10-18-15/h2-7,9-10H,8H2,1H3,(H,20,21)(H,18,19,22). The first-order valence-electron chi connectivity index (χ1n) is 7.06. The summed E-state index contributed by atoms with van der Waals surface area (Å²) in [5.74, 6) is 0.588. The molecule has 3 aromatic rings. The predicted octanol–water partition coefficient (Wildman–Crippen LogP) is 2.11. The van der Waals surface area contributed by atoms with Crippen molar-refractivity contribution in [2.45, 2.75) is 6.42 Å². The molecule has 0 radical (unpaired) electrons. The number of carbonyl (C=O) groups excluding carboxylic acids is 1. The molecule has 1 amide bonds. The van der Waals surface area contributed by atoms with E-state index in [1.165, 1.54) is 6.33 Å². The maximum atomic E-state index is 12.1. The van der Waals surface area contributed by atoms with Gasteiger partial charge in [0, 0.05) is 5.69 Å². The summed E-state index contributed by atoms with van der Waals surface area (Å²) in [6.07, 6.45) is 1.60. The van der Waals surface area contributed by atoms with Gasteiger partial charge in [-0.15, -0.1) is 0 Å². The second-order valence-electron chi connectivity index (χ2n) is 5.04. The summed E-state index contributed by atoms with van der Waals surface area (Å²) in [4.78, 5) is 30.4. The van der Waals surface area contributed by atoms with Gasteiger partial charge in [-0.25, -0.2) is 4.98 Å². The van der Waals surface area contributed by atoms with Gasteiger partial charge in [-0.3, -0.25) is 9.59 Å². The Hall–Kier alpha value is -3.15. The zero-order valence-corrected chi connectivity index (χ0v) is 12.5. The number of H-pyrrole nitrogens is 1. The van der Waals surface area contributed by atoms with E-state index in [2.05, 4.69) is 15.3 Å². The topological polar surface area (TPSA) is 84.1 Å². The van der Waals surface area contributed by atoms with E-state index in [9.17, 15) is 9.59 Å². The molecule has 0 unspecified atom stereocenters. The summed E-state index contributed by atoms with van der Waals surface area (Å²) in [6.45, 7) is 0. The van der Waals surface area contributed by atoms with Crippen molar-refractivity contribution < 1.29 is 9.53 Å². The van der Waals surface area contributed by atoms with Crippen LogP contribution in [0.25, 0.3) is 10.9 Å². The van der Waals surface area contributed by atoms with Crippen LogP contribution in [0, 0.1) is 0 Å². The molecule has 0 aliphatic carbocycles. The monoisotopic (exact) mass is 309 g/mol. The maximum absolute atomic E-state index is 12.1. The number of carbonyl (C=O) groups is 1. The van der Waals surface area contributed by atoms with Crippen LogP contribution in [0.15, 0.2) is 53.6 Å². The Morgan fingerprint density at radius 2 is 2.00 bits per heavy atom. The quantitative estimate of drug-likeness (QED) is 0.773. The van der Waals surface area contributed by atoms with Gasteiger partial charge < -0.3 is 15.0 Å². The second-order valence-corrected chi connectivity index (χ2v) is 5.04. The number of aromatic nitrogens is 2. The summed E-state index contributed by atoms with van der Waals surface area (Å²) in [6, 6.07) is 12.3. The van der Waals surface area contributed by atoms with Crippen molar-refractivity contribution in [3.05, 3.63) is 64.7 Å². The number of amides is 1. The van der Waals surface area contributed by atoms with Gasteiger partial charge in [0.2, 0.25) is 5.91 Å². The fourth-order valence-corrected chi connectivity index (χ4v) is 2.28. The molecule has 0 bridgehead atoms. The molecular formula is C17H15N3O3.